The van der Waals surface area contributed by atoms with E-state index in [9.17, 15) is 19.1 Å². The van der Waals surface area contributed by atoms with E-state index in [4.69, 9.17) is 4.74 Å². The number of hydrogen-bond acceptors (Lipinski definition) is 4. The van der Waals surface area contributed by atoms with Crippen LogP contribution in [0.2, 0.25) is 0 Å². The molecule has 0 aliphatic heterocycles. The lowest BCUT2D eigenvalue weighted by atomic mass is 10.2. The van der Waals surface area contributed by atoms with Crippen molar-refractivity contribution in [1.29, 1.82) is 0 Å². The Bertz CT molecular complexity index is 606. The average Bonchev–Trinajstić information content (AvgIpc) is 2.41. The molecule has 0 saturated heterocycles. The molecule has 1 unspecified atom stereocenters. The lowest BCUT2D eigenvalue weighted by Crippen LogP contribution is -2.48. The van der Waals surface area contributed by atoms with Crippen LogP contribution in [0.3, 0.4) is 0 Å². The molecule has 0 fully saturated rings. The van der Waals surface area contributed by atoms with Gasteiger partial charge in [-0.15, -0.1) is 0 Å². The van der Waals surface area contributed by atoms with Crippen molar-refractivity contribution in [2.75, 3.05) is 0 Å². The summed E-state index contributed by atoms with van der Waals surface area (Å²) in [6.07, 6.45) is -0.794. The molecule has 1 aromatic carbocycles. The van der Waals surface area contributed by atoms with Crippen LogP contribution in [0.4, 0.5) is 9.18 Å². The minimum absolute atomic E-state index is 0.292. The highest BCUT2D eigenvalue weighted by molar-refractivity contribution is 9.10. The van der Waals surface area contributed by atoms with E-state index >= 15 is 0 Å². The second-order valence-electron chi connectivity index (χ2n) is 6.21. The lowest BCUT2D eigenvalue weighted by Gasteiger charge is -2.24. The predicted molar refractivity (Wildman–Crippen MR) is 95.7 cm³/mol. The van der Waals surface area contributed by atoms with E-state index < -0.39 is 29.0 Å². The van der Waals surface area contributed by atoms with Crippen molar-refractivity contribution in [1.82, 2.24) is 5.32 Å². The van der Waals surface area contributed by atoms with Gasteiger partial charge in [-0.3, -0.25) is 0 Å². The average molecular weight is 422 g/mol. The van der Waals surface area contributed by atoms with Gasteiger partial charge >= 0.3 is 12.1 Å². The van der Waals surface area contributed by atoms with Gasteiger partial charge in [-0.05, 0) is 38.5 Å². The molecule has 0 bridgehead atoms. The number of ether oxygens (including phenoxy) is 1. The highest BCUT2D eigenvalue weighted by Crippen LogP contribution is 2.24. The van der Waals surface area contributed by atoms with Crippen LogP contribution in [0.1, 0.15) is 33.3 Å². The Morgan fingerprint density at radius 1 is 1.42 bits per heavy atom. The quantitative estimate of drug-likeness (QED) is 0.719. The number of carboxylic acid groups (broad SMARTS) is 1. The van der Waals surface area contributed by atoms with Crippen molar-refractivity contribution in [3.8, 4) is 0 Å². The first kappa shape index (κ1) is 20.8. The number of halogens is 2. The maximum absolute atomic E-state index is 13.8. The fraction of sp³-hybridized carbons (Fsp3) is 0.500. The molecule has 134 valence electrons. The summed E-state index contributed by atoms with van der Waals surface area (Å²) in [4.78, 5) is 23.2. The van der Waals surface area contributed by atoms with E-state index in [2.05, 4.69) is 21.2 Å². The number of benzene rings is 1. The second kappa shape index (κ2) is 8.71. The van der Waals surface area contributed by atoms with Crippen molar-refractivity contribution in [3.05, 3.63) is 34.1 Å². The molecule has 2 atom stereocenters. The zero-order valence-corrected chi connectivity index (χ0v) is 16.3. The molecular formula is C16H21BrFNO4S. The molecule has 1 aromatic rings. The number of carbonyl (C=O) groups is 2. The van der Waals surface area contributed by atoms with E-state index in [1.165, 1.54) is 17.8 Å². The van der Waals surface area contributed by atoms with Gasteiger partial charge in [0.25, 0.3) is 0 Å². The fourth-order valence-electron chi connectivity index (χ4n) is 1.77. The third-order valence-electron chi connectivity index (χ3n) is 2.92. The van der Waals surface area contributed by atoms with Crippen LogP contribution < -0.4 is 5.32 Å². The van der Waals surface area contributed by atoms with Gasteiger partial charge in [0.05, 0.1) is 0 Å². The smallest absolute Gasteiger partial charge is 0.408 e. The van der Waals surface area contributed by atoms with Crippen LogP contribution in [0.5, 0.6) is 0 Å². The minimum Gasteiger partial charge on any atom is -0.480 e. The Hall–Kier alpha value is -1.28. The summed E-state index contributed by atoms with van der Waals surface area (Å²) in [5.74, 6) is -1.24. The Balaban J connectivity index is 2.68. The first-order valence-corrected chi connectivity index (χ1v) is 9.11. The number of nitrogens with one attached hydrogen (secondary N) is 1. The third-order valence-corrected chi connectivity index (χ3v) is 4.69. The SMILES string of the molecule is CC(SCc1ccc(Br)cc1F)[C@H](NC(=O)OC(C)(C)C)C(=O)O. The van der Waals surface area contributed by atoms with E-state index in [1.807, 2.05) is 0 Å². The number of thioether (sulfide) groups is 1. The first-order valence-electron chi connectivity index (χ1n) is 7.27. The topological polar surface area (TPSA) is 75.6 Å². The monoisotopic (exact) mass is 421 g/mol. The molecule has 1 rings (SSSR count). The third kappa shape index (κ3) is 7.09. The van der Waals surface area contributed by atoms with Crippen molar-refractivity contribution in [2.24, 2.45) is 0 Å². The standard InChI is InChI=1S/C16H21BrFNO4S/c1-9(24-8-10-5-6-11(17)7-12(10)18)13(14(20)21)19-15(22)23-16(2,3)4/h5-7,9,13H,8H2,1-4H3,(H,19,22)(H,20,21)/t9?,13-/m0/s1. The molecule has 0 radical (unpaired) electrons. The molecule has 8 heteroatoms. The summed E-state index contributed by atoms with van der Waals surface area (Å²) in [5.41, 5.74) is -0.249. The van der Waals surface area contributed by atoms with Crippen LogP contribution in [-0.2, 0) is 15.3 Å². The molecule has 0 spiro atoms. The molecule has 0 heterocycles. The number of carbonyl (C=O) groups excluding carboxylic acids is 1. The van der Waals surface area contributed by atoms with E-state index in [1.54, 1.807) is 39.8 Å². The lowest BCUT2D eigenvalue weighted by molar-refractivity contribution is -0.139. The summed E-state index contributed by atoms with van der Waals surface area (Å²) >= 11 is 4.42. The first-order chi connectivity index (χ1) is 11.0. The molecule has 0 saturated carbocycles. The van der Waals surface area contributed by atoms with Gasteiger partial charge in [0.15, 0.2) is 0 Å². The zero-order chi connectivity index (χ0) is 18.5. The Kier molecular flexibility index (Phi) is 7.54. The predicted octanol–water partition coefficient (Wildman–Crippen LogP) is 4.19. The number of aliphatic carboxylic acids is 1. The molecule has 5 nitrogen and oxygen atoms in total. The molecule has 0 aromatic heterocycles. The molecule has 0 aliphatic rings. The second-order valence-corrected chi connectivity index (χ2v) is 8.50. The molecule has 24 heavy (non-hydrogen) atoms. The number of rotatable bonds is 6. The number of hydrogen-bond donors (Lipinski definition) is 2. The number of carboxylic acids is 1. The maximum Gasteiger partial charge on any atom is 0.408 e. The summed E-state index contributed by atoms with van der Waals surface area (Å²) in [6, 6.07) is 3.57. The van der Waals surface area contributed by atoms with Crippen LogP contribution >= 0.6 is 27.7 Å². The highest BCUT2D eigenvalue weighted by Gasteiger charge is 2.29. The molecular weight excluding hydrogens is 401 g/mol. The Labute approximate surface area is 153 Å². The van der Waals surface area contributed by atoms with Gasteiger partial charge < -0.3 is 15.2 Å². The highest BCUT2D eigenvalue weighted by atomic mass is 79.9. The van der Waals surface area contributed by atoms with Crippen molar-refractivity contribution < 1.29 is 23.8 Å². The van der Waals surface area contributed by atoms with Crippen molar-refractivity contribution >= 4 is 39.8 Å². The van der Waals surface area contributed by atoms with Crippen molar-refractivity contribution in [2.45, 2.75) is 50.3 Å². The Morgan fingerprint density at radius 3 is 2.54 bits per heavy atom. The molecule has 2 N–H and O–H groups in total. The fourth-order valence-corrected chi connectivity index (χ4v) is 3.16. The molecule has 1 amide bonds. The number of alkyl carbamates (subject to hydrolysis) is 1. The van der Waals surface area contributed by atoms with Crippen LogP contribution in [0.25, 0.3) is 0 Å². The maximum atomic E-state index is 13.8. The Morgan fingerprint density at radius 2 is 2.04 bits per heavy atom. The van der Waals surface area contributed by atoms with Gasteiger partial charge in [-0.25, -0.2) is 14.0 Å². The van der Waals surface area contributed by atoms with Crippen LogP contribution in [0, 0.1) is 5.82 Å². The zero-order valence-electron chi connectivity index (χ0n) is 13.9. The molecule has 0 aliphatic carbocycles. The summed E-state index contributed by atoms with van der Waals surface area (Å²) in [6.45, 7) is 6.74. The van der Waals surface area contributed by atoms with Gasteiger partial charge in [-0.2, -0.15) is 11.8 Å². The number of amides is 1. The summed E-state index contributed by atoms with van der Waals surface area (Å²) < 4.78 is 19.5. The van der Waals surface area contributed by atoms with Gasteiger partial charge in [0, 0.05) is 15.5 Å². The van der Waals surface area contributed by atoms with E-state index in [0.29, 0.717) is 15.8 Å². The van der Waals surface area contributed by atoms with Crippen LogP contribution in [-0.4, -0.2) is 34.1 Å². The van der Waals surface area contributed by atoms with Gasteiger partial charge in [0.2, 0.25) is 0 Å². The van der Waals surface area contributed by atoms with Gasteiger partial charge in [0.1, 0.15) is 17.5 Å². The van der Waals surface area contributed by atoms with E-state index in [-0.39, 0.29) is 5.82 Å². The van der Waals surface area contributed by atoms with Crippen LogP contribution in [0.15, 0.2) is 22.7 Å². The summed E-state index contributed by atoms with van der Waals surface area (Å²) in [7, 11) is 0. The largest absolute Gasteiger partial charge is 0.480 e. The van der Waals surface area contributed by atoms with Crippen molar-refractivity contribution in [3.63, 3.8) is 0 Å². The van der Waals surface area contributed by atoms with E-state index in [0.717, 1.165) is 0 Å². The minimum atomic E-state index is -1.17. The summed E-state index contributed by atoms with van der Waals surface area (Å²) in [5, 5.41) is 11.2. The normalized spacial score (nSPS) is 13.9. The van der Waals surface area contributed by atoms with Gasteiger partial charge in [-0.1, -0.05) is 28.9 Å².